The lowest BCUT2D eigenvalue weighted by atomic mass is 10.2. The summed E-state index contributed by atoms with van der Waals surface area (Å²) in [6.45, 7) is 5.52. The molecule has 0 saturated carbocycles. The second kappa shape index (κ2) is 12.8. The van der Waals surface area contributed by atoms with E-state index in [1.165, 1.54) is 27.8 Å². The largest absolute Gasteiger partial charge is 0.495 e. The molecule has 216 valence electrons. The molecule has 5 rings (SSSR count). The summed E-state index contributed by atoms with van der Waals surface area (Å²) in [6.07, 6.45) is 3.53. The summed E-state index contributed by atoms with van der Waals surface area (Å²) in [4.78, 5) is 22.9. The third-order valence-corrected chi connectivity index (χ3v) is 10.4. The molecule has 40 heavy (non-hydrogen) atoms. The minimum Gasteiger partial charge on any atom is -0.495 e. The Morgan fingerprint density at radius 2 is 1.65 bits per heavy atom. The van der Waals surface area contributed by atoms with Gasteiger partial charge in [0.2, 0.25) is 10.0 Å². The highest BCUT2D eigenvalue weighted by Crippen LogP contribution is 2.40. The first-order valence-corrected chi connectivity index (χ1v) is 15.9. The summed E-state index contributed by atoms with van der Waals surface area (Å²) in [6, 6.07) is 9.90. The van der Waals surface area contributed by atoms with E-state index in [2.05, 4.69) is 4.90 Å². The molecule has 2 fully saturated rings. The molecule has 1 amide bonds. The number of piperidine rings is 1. The number of hydrogen-bond acceptors (Lipinski definition) is 9. The molecule has 2 aromatic carbocycles. The van der Waals surface area contributed by atoms with E-state index in [1.54, 1.807) is 37.3 Å². The van der Waals surface area contributed by atoms with Crippen LogP contribution in [0.25, 0.3) is 10.2 Å². The van der Waals surface area contributed by atoms with E-state index < -0.39 is 10.0 Å². The van der Waals surface area contributed by atoms with Crippen LogP contribution in [0.4, 0.5) is 5.13 Å². The molecule has 3 aromatic rings. The zero-order valence-corrected chi connectivity index (χ0v) is 24.6. The number of aromatic nitrogens is 1. The van der Waals surface area contributed by atoms with Gasteiger partial charge in [-0.3, -0.25) is 14.6 Å². The summed E-state index contributed by atoms with van der Waals surface area (Å²) in [5, 5.41) is 0.537. The van der Waals surface area contributed by atoms with Crippen LogP contribution in [0.2, 0.25) is 0 Å². The van der Waals surface area contributed by atoms with Gasteiger partial charge >= 0.3 is 0 Å². The van der Waals surface area contributed by atoms with Gasteiger partial charge in [-0.15, -0.1) is 0 Å². The van der Waals surface area contributed by atoms with Gasteiger partial charge in [0.25, 0.3) is 5.91 Å². The van der Waals surface area contributed by atoms with Crippen molar-refractivity contribution in [2.45, 2.75) is 30.6 Å². The van der Waals surface area contributed by atoms with Crippen molar-refractivity contribution in [3.8, 4) is 11.5 Å². The van der Waals surface area contributed by atoms with Crippen LogP contribution in [-0.4, -0.2) is 95.2 Å². The van der Waals surface area contributed by atoms with Gasteiger partial charge in [0.15, 0.2) is 5.13 Å². The molecule has 12 heteroatoms. The van der Waals surface area contributed by atoms with Crippen molar-refractivity contribution >= 4 is 42.6 Å². The molecule has 2 aliphatic rings. The van der Waals surface area contributed by atoms with Crippen molar-refractivity contribution in [2.24, 2.45) is 0 Å². The summed E-state index contributed by atoms with van der Waals surface area (Å²) in [5.74, 6) is 1.03. The van der Waals surface area contributed by atoms with Crippen molar-refractivity contribution in [2.75, 3.05) is 71.6 Å². The number of ether oxygens (including phenoxy) is 3. The first-order valence-electron chi connectivity index (χ1n) is 13.7. The van der Waals surface area contributed by atoms with Crippen LogP contribution in [0.1, 0.15) is 36.0 Å². The van der Waals surface area contributed by atoms with Crippen LogP contribution >= 0.6 is 11.3 Å². The van der Waals surface area contributed by atoms with E-state index in [1.807, 2.05) is 6.07 Å². The van der Waals surface area contributed by atoms with Crippen molar-refractivity contribution in [3.05, 3.63) is 42.0 Å². The van der Waals surface area contributed by atoms with E-state index in [0.717, 1.165) is 50.0 Å². The third-order valence-electron chi connectivity index (χ3n) is 7.39. The van der Waals surface area contributed by atoms with E-state index in [4.69, 9.17) is 19.2 Å². The minimum absolute atomic E-state index is 0.208. The van der Waals surface area contributed by atoms with E-state index >= 15 is 0 Å². The van der Waals surface area contributed by atoms with Crippen molar-refractivity contribution in [1.82, 2.24) is 14.2 Å². The summed E-state index contributed by atoms with van der Waals surface area (Å²) in [5.41, 5.74) is 1.04. The molecule has 0 radical (unpaired) electrons. The average Bonchev–Trinajstić information content (AvgIpc) is 3.45. The number of carbonyl (C=O) groups excluding carboxylic acids is 1. The fraction of sp³-hybridized carbons (Fsp3) is 0.500. The van der Waals surface area contributed by atoms with Crippen LogP contribution < -0.4 is 14.4 Å². The number of benzene rings is 2. The normalized spacial score (nSPS) is 17.1. The number of sulfonamides is 1. The van der Waals surface area contributed by atoms with Gasteiger partial charge in [0.05, 0.1) is 32.3 Å². The Labute approximate surface area is 239 Å². The van der Waals surface area contributed by atoms with Gasteiger partial charge in [-0.2, -0.15) is 4.31 Å². The molecule has 0 N–H and O–H groups in total. The molecule has 0 unspecified atom stereocenters. The quantitative estimate of drug-likeness (QED) is 0.352. The maximum Gasteiger partial charge on any atom is 0.260 e. The van der Waals surface area contributed by atoms with Gasteiger partial charge in [-0.25, -0.2) is 13.4 Å². The highest BCUT2D eigenvalue weighted by atomic mass is 32.2. The average molecular weight is 589 g/mol. The monoisotopic (exact) mass is 588 g/mol. The highest BCUT2D eigenvalue weighted by Gasteiger charge is 2.28. The lowest BCUT2D eigenvalue weighted by Gasteiger charge is -2.28. The Bertz CT molecular complexity index is 1370. The molecule has 0 bridgehead atoms. The number of fused-ring (bicyclic) bond motifs is 1. The predicted octanol–water partition coefficient (Wildman–Crippen LogP) is 3.86. The van der Waals surface area contributed by atoms with Crippen molar-refractivity contribution < 1.29 is 27.4 Å². The summed E-state index contributed by atoms with van der Waals surface area (Å²) in [7, 11) is -0.391. The standard InChI is InChI=1S/C28H36N4O6S2/c1-36-23-11-12-24(37-2)26-25(23)29-28(39-26)32(16-6-13-30-17-19-38-20-18-30)27(33)21-7-9-22(10-8-21)40(34,35)31-14-4-3-5-15-31/h7-12H,3-6,13-20H2,1-2H3. The SMILES string of the molecule is COc1ccc(OC)c2sc(N(CCCN3CCOCC3)C(=O)c3ccc(S(=O)(=O)N4CCCCC4)cc3)nc12. The van der Waals surface area contributed by atoms with Gasteiger partial charge in [0, 0.05) is 44.8 Å². The molecule has 2 aliphatic heterocycles. The lowest BCUT2D eigenvalue weighted by Crippen LogP contribution is -2.39. The van der Waals surface area contributed by atoms with E-state index in [9.17, 15) is 13.2 Å². The minimum atomic E-state index is -3.58. The number of amides is 1. The van der Waals surface area contributed by atoms with Crippen LogP contribution in [-0.2, 0) is 14.8 Å². The number of carbonyl (C=O) groups is 1. The molecular weight excluding hydrogens is 552 g/mol. The Morgan fingerprint density at radius 3 is 2.33 bits per heavy atom. The zero-order chi connectivity index (χ0) is 28.1. The second-order valence-corrected chi connectivity index (χ2v) is 12.8. The van der Waals surface area contributed by atoms with Crippen LogP contribution in [0, 0.1) is 0 Å². The van der Waals surface area contributed by atoms with Crippen molar-refractivity contribution in [3.63, 3.8) is 0 Å². The first-order chi connectivity index (χ1) is 19.4. The smallest absolute Gasteiger partial charge is 0.260 e. The molecule has 1 aromatic heterocycles. The Kier molecular flexibility index (Phi) is 9.21. The van der Waals surface area contributed by atoms with Crippen LogP contribution in [0.5, 0.6) is 11.5 Å². The lowest BCUT2D eigenvalue weighted by molar-refractivity contribution is 0.0376. The summed E-state index contributed by atoms with van der Waals surface area (Å²) >= 11 is 1.37. The first kappa shape index (κ1) is 28.7. The van der Waals surface area contributed by atoms with Gasteiger partial charge in [0.1, 0.15) is 21.7 Å². The fourth-order valence-electron chi connectivity index (χ4n) is 5.13. The van der Waals surface area contributed by atoms with Gasteiger partial charge in [-0.1, -0.05) is 17.8 Å². The highest BCUT2D eigenvalue weighted by molar-refractivity contribution is 7.89. The van der Waals surface area contributed by atoms with Gasteiger partial charge in [-0.05, 0) is 55.7 Å². The Balaban J connectivity index is 1.42. The topological polar surface area (TPSA) is 102 Å². The number of anilines is 1. The maximum absolute atomic E-state index is 13.9. The second-order valence-electron chi connectivity index (χ2n) is 9.90. The zero-order valence-electron chi connectivity index (χ0n) is 23.0. The van der Waals surface area contributed by atoms with E-state index in [0.29, 0.717) is 60.6 Å². The summed E-state index contributed by atoms with van der Waals surface area (Å²) < 4.78 is 45.1. The Morgan fingerprint density at radius 1 is 0.975 bits per heavy atom. The molecule has 10 nitrogen and oxygen atoms in total. The van der Waals surface area contributed by atoms with E-state index in [-0.39, 0.29) is 10.8 Å². The third kappa shape index (κ3) is 6.10. The maximum atomic E-state index is 13.9. The van der Waals surface area contributed by atoms with Crippen molar-refractivity contribution in [1.29, 1.82) is 0 Å². The van der Waals surface area contributed by atoms with Crippen LogP contribution in [0.3, 0.4) is 0 Å². The Hall–Kier alpha value is -2.77. The number of thiazole rings is 1. The van der Waals surface area contributed by atoms with Gasteiger partial charge < -0.3 is 14.2 Å². The number of nitrogens with zero attached hydrogens (tertiary/aromatic N) is 4. The number of methoxy groups -OCH3 is 2. The fourth-order valence-corrected chi connectivity index (χ4v) is 7.75. The number of hydrogen-bond donors (Lipinski definition) is 0. The van der Waals surface area contributed by atoms with Crippen LogP contribution in [0.15, 0.2) is 41.3 Å². The predicted molar refractivity (Wildman–Crippen MR) is 155 cm³/mol. The number of rotatable bonds is 10. The molecule has 2 saturated heterocycles. The molecule has 0 spiro atoms. The molecule has 0 atom stereocenters. The molecule has 0 aliphatic carbocycles. The molecular formula is C28H36N4O6S2. The molecule has 3 heterocycles. The number of morpholine rings is 1.